The SMILES string of the molecule is CCCC(/C=C/c1ccccc1)=N\NC(N)=O. The third kappa shape index (κ3) is 5.51. The third-order valence-electron chi connectivity index (χ3n) is 2.08. The molecule has 1 aromatic rings. The molecule has 0 spiro atoms. The van der Waals surface area contributed by atoms with Gasteiger partial charge in [-0.15, -0.1) is 0 Å². The summed E-state index contributed by atoms with van der Waals surface area (Å²) < 4.78 is 0. The van der Waals surface area contributed by atoms with Crippen LogP contribution in [0.2, 0.25) is 0 Å². The van der Waals surface area contributed by atoms with Crippen molar-refractivity contribution in [1.29, 1.82) is 0 Å². The van der Waals surface area contributed by atoms with Crippen LogP contribution in [0.3, 0.4) is 0 Å². The van der Waals surface area contributed by atoms with Crippen molar-refractivity contribution >= 4 is 17.8 Å². The number of benzene rings is 1. The van der Waals surface area contributed by atoms with Crippen LogP contribution in [0.4, 0.5) is 4.79 Å². The number of allylic oxidation sites excluding steroid dienone is 1. The minimum atomic E-state index is -0.647. The van der Waals surface area contributed by atoms with Gasteiger partial charge in [-0.05, 0) is 18.1 Å². The maximum Gasteiger partial charge on any atom is 0.332 e. The second-order valence-corrected chi connectivity index (χ2v) is 3.57. The van der Waals surface area contributed by atoms with Gasteiger partial charge in [-0.1, -0.05) is 49.8 Å². The van der Waals surface area contributed by atoms with E-state index in [1.807, 2.05) is 42.5 Å². The highest BCUT2D eigenvalue weighted by Crippen LogP contribution is 2.03. The topological polar surface area (TPSA) is 67.5 Å². The van der Waals surface area contributed by atoms with Gasteiger partial charge >= 0.3 is 6.03 Å². The van der Waals surface area contributed by atoms with Gasteiger partial charge in [0.1, 0.15) is 0 Å². The molecule has 0 aliphatic heterocycles. The van der Waals surface area contributed by atoms with Crippen molar-refractivity contribution in [3.8, 4) is 0 Å². The van der Waals surface area contributed by atoms with E-state index in [1.54, 1.807) is 0 Å². The van der Waals surface area contributed by atoms with Crippen LogP contribution in [0.5, 0.6) is 0 Å². The Balaban J connectivity index is 2.69. The number of urea groups is 1. The molecular weight excluding hydrogens is 214 g/mol. The maximum absolute atomic E-state index is 10.6. The Labute approximate surface area is 101 Å². The Morgan fingerprint density at radius 1 is 1.41 bits per heavy atom. The van der Waals surface area contributed by atoms with E-state index in [1.165, 1.54) is 0 Å². The fraction of sp³-hybridized carbons (Fsp3) is 0.231. The molecule has 0 aromatic heterocycles. The predicted octanol–water partition coefficient (Wildman–Crippen LogP) is 2.52. The highest BCUT2D eigenvalue weighted by atomic mass is 16.2. The molecule has 0 aliphatic carbocycles. The van der Waals surface area contributed by atoms with E-state index in [4.69, 9.17) is 5.73 Å². The number of hydrogen-bond donors (Lipinski definition) is 2. The zero-order valence-electron chi connectivity index (χ0n) is 9.89. The molecule has 3 N–H and O–H groups in total. The summed E-state index contributed by atoms with van der Waals surface area (Å²) in [6.45, 7) is 2.05. The average molecular weight is 231 g/mol. The summed E-state index contributed by atoms with van der Waals surface area (Å²) in [4.78, 5) is 10.6. The number of amides is 2. The molecule has 4 heteroatoms. The van der Waals surface area contributed by atoms with Crippen LogP contribution in [0.15, 0.2) is 41.5 Å². The van der Waals surface area contributed by atoms with E-state index in [2.05, 4.69) is 17.5 Å². The molecule has 0 atom stereocenters. The lowest BCUT2D eigenvalue weighted by Gasteiger charge is -1.99. The van der Waals surface area contributed by atoms with Gasteiger partial charge in [0.25, 0.3) is 0 Å². The summed E-state index contributed by atoms with van der Waals surface area (Å²) in [5.41, 5.74) is 9.10. The first-order valence-corrected chi connectivity index (χ1v) is 5.57. The summed E-state index contributed by atoms with van der Waals surface area (Å²) in [6.07, 6.45) is 5.59. The minimum absolute atomic E-state index is 0.647. The summed E-state index contributed by atoms with van der Waals surface area (Å²) in [7, 11) is 0. The summed E-state index contributed by atoms with van der Waals surface area (Å²) >= 11 is 0. The number of carbonyl (C=O) groups excluding carboxylic acids is 1. The molecular formula is C13H17N3O. The van der Waals surface area contributed by atoms with Gasteiger partial charge in [0.05, 0.1) is 5.71 Å². The van der Waals surface area contributed by atoms with Crippen molar-refractivity contribution in [2.75, 3.05) is 0 Å². The lowest BCUT2D eigenvalue weighted by Crippen LogP contribution is -2.25. The molecule has 1 aromatic carbocycles. The van der Waals surface area contributed by atoms with Crippen molar-refractivity contribution in [2.24, 2.45) is 10.8 Å². The number of carbonyl (C=O) groups is 1. The van der Waals surface area contributed by atoms with Gasteiger partial charge in [0.15, 0.2) is 0 Å². The Kier molecular flexibility index (Phi) is 5.51. The van der Waals surface area contributed by atoms with Crippen molar-refractivity contribution in [1.82, 2.24) is 5.43 Å². The van der Waals surface area contributed by atoms with Gasteiger partial charge in [-0.2, -0.15) is 5.10 Å². The highest BCUT2D eigenvalue weighted by Gasteiger charge is 1.94. The van der Waals surface area contributed by atoms with E-state index in [9.17, 15) is 4.79 Å². The number of rotatable bonds is 5. The van der Waals surface area contributed by atoms with Crippen LogP contribution in [-0.4, -0.2) is 11.7 Å². The lowest BCUT2D eigenvalue weighted by molar-refractivity contribution is 0.249. The van der Waals surface area contributed by atoms with Crippen molar-refractivity contribution < 1.29 is 4.79 Å². The highest BCUT2D eigenvalue weighted by molar-refractivity contribution is 5.98. The standard InChI is InChI=1S/C13H17N3O/c1-2-6-12(15-16-13(14)17)10-9-11-7-4-3-5-8-11/h3-5,7-10H,2,6H2,1H3,(H3,14,16,17)/b10-9+,15-12+. The second-order valence-electron chi connectivity index (χ2n) is 3.57. The second kappa shape index (κ2) is 7.22. The minimum Gasteiger partial charge on any atom is -0.350 e. The van der Waals surface area contributed by atoms with Gasteiger partial charge in [0.2, 0.25) is 0 Å². The number of hydrazone groups is 1. The van der Waals surface area contributed by atoms with Crippen LogP contribution in [0.25, 0.3) is 6.08 Å². The van der Waals surface area contributed by atoms with Gasteiger partial charge in [-0.25, -0.2) is 10.2 Å². The molecule has 4 nitrogen and oxygen atoms in total. The van der Waals surface area contributed by atoms with E-state index in [0.717, 1.165) is 24.1 Å². The first kappa shape index (κ1) is 13.0. The molecule has 0 aliphatic rings. The third-order valence-corrected chi connectivity index (χ3v) is 2.08. The zero-order chi connectivity index (χ0) is 12.5. The van der Waals surface area contributed by atoms with Crippen LogP contribution in [0, 0.1) is 0 Å². The van der Waals surface area contributed by atoms with Crippen LogP contribution < -0.4 is 11.2 Å². The molecule has 0 radical (unpaired) electrons. The molecule has 17 heavy (non-hydrogen) atoms. The largest absolute Gasteiger partial charge is 0.350 e. The first-order chi connectivity index (χ1) is 8.22. The number of nitrogens with two attached hydrogens (primary N) is 1. The summed E-state index contributed by atoms with van der Waals surface area (Å²) in [5.74, 6) is 0. The van der Waals surface area contributed by atoms with Crippen LogP contribution in [0.1, 0.15) is 25.3 Å². The molecule has 0 heterocycles. The number of nitrogens with zero attached hydrogens (tertiary/aromatic N) is 1. The molecule has 0 saturated carbocycles. The molecule has 2 amide bonds. The van der Waals surface area contributed by atoms with Gasteiger partial charge in [-0.3, -0.25) is 0 Å². The summed E-state index contributed by atoms with van der Waals surface area (Å²) in [6, 6.07) is 9.26. The Morgan fingerprint density at radius 3 is 2.71 bits per heavy atom. The van der Waals surface area contributed by atoms with E-state index >= 15 is 0 Å². The Morgan fingerprint density at radius 2 is 2.12 bits per heavy atom. The summed E-state index contributed by atoms with van der Waals surface area (Å²) in [5, 5.41) is 3.93. The lowest BCUT2D eigenvalue weighted by atomic mass is 10.1. The maximum atomic E-state index is 10.6. The fourth-order valence-electron chi connectivity index (χ4n) is 1.32. The monoisotopic (exact) mass is 231 g/mol. The molecule has 90 valence electrons. The average Bonchev–Trinajstić information content (AvgIpc) is 2.34. The molecule has 0 saturated heterocycles. The molecule has 1 rings (SSSR count). The van der Waals surface area contributed by atoms with Crippen molar-refractivity contribution in [3.05, 3.63) is 42.0 Å². The molecule has 0 unspecified atom stereocenters. The van der Waals surface area contributed by atoms with E-state index < -0.39 is 6.03 Å². The molecule has 0 fully saturated rings. The predicted molar refractivity (Wildman–Crippen MR) is 70.5 cm³/mol. The zero-order valence-corrected chi connectivity index (χ0v) is 9.89. The van der Waals surface area contributed by atoms with Gasteiger partial charge in [0, 0.05) is 0 Å². The Bertz CT molecular complexity index is 410. The van der Waals surface area contributed by atoms with E-state index in [-0.39, 0.29) is 0 Å². The smallest absolute Gasteiger partial charge is 0.332 e. The fourth-order valence-corrected chi connectivity index (χ4v) is 1.32. The van der Waals surface area contributed by atoms with E-state index in [0.29, 0.717) is 0 Å². The number of hydrogen-bond acceptors (Lipinski definition) is 2. The molecule has 0 bridgehead atoms. The number of primary amides is 1. The number of nitrogens with one attached hydrogen (secondary N) is 1. The van der Waals surface area contributed by atoms with Crippen molar-refractivity contribution in [2.45, 2.75) is 19.8 Å². The normalized spacial score (nSPS) is 11.7. The Hall–Kier alpha value is -2.10. The van der Waals surface area contributed by atoms with Crippen LogP contribution in [-0.2, 0) is 0 Å². The first-order valence-electron chi connectivity index (χ1n) is 5.57. The quantitative estimate of drug-likeness (QED) is 0.593. The van der Waals surface area contributed by atoms with Crippen molar-refractivity contribution in [3.63, 3.8) is 0 Å². The van der Waals surface area contributed by atoms with Gasteiger partial charge < -0.3 is 5.73 Å². The van der Waals surface area contributed by atoms with Crippen LogP contribution >= 0.6 is 0 Å².